The Hall–Kier alpha value is -0.660. The highest BCUT2D eigenvalue weighted by atomic mass is 79.9. The molecule has 1 saturated heterocycles. The lowest BCUT2D eigenvalue weighted by Crippen LogP contribution is -2.41. The van der Waals surface area contributed by atoms with Crippen LogP contribution >= 0.6 is 15.9 Å². The fourth-order valence-corrected chi connectivity index (χ4v) is 3.78. The van der Waals surface area contributed by atoms with Crippen LogP contribution in [0.4, 0.5) is 5.82 Å². The highest BCUT2D eigenvalue weighted by Gasteiger charge is 2.26. The second-order valence-corrected chi connectivity index (χ2v) is 7.59. The van der Waals surface area contributed by atoms with Gasteiger partial charge in [0.25, 0.3) is 0 Å². The van der Waals surface area contributed by atoms with Crippen molar-refractivity contribution in [2.24, 2.45) is 5.92 Å². The summed E-state index contributed by atoms with van der Waals surface area (Å²) in [6, 6.07) is 1.84. The molecule has 0 aromatic carbocycles. The van der Waals surface area contributed by atoms with Crippen LogP contribution in [0.5, 0.6) is 0 Å². The number of nitrogens with zero attached hydrogens (tertiary/aromatic N) is 2. The molecule has 0 unspecified atom stereocenters. The molecule has 1 aromatic rings. The summed E-state index contributed by atoms with van der Waals surface area (Å²) >= 11 is 3.31. The maximum absolute atomic E-state index is 12.3. The van der Waals surface area contributed by atoms with Crippen molar-refractivity contribution in [2.45, 2.75) is 26.7 Å². The average Bonchev–Trinajstić information content (AvgIpc) is 2.33. The summed E-state index contributed by atoms with van der Waals surface area (Å²) in [6.07, 6.45) is 3.41. The molecule has 0 amide bonds. The molecule has 5 nitrogen and oxygen atoms in total. The number of nitrogens with one attached hydrogen (secondary N) is 1. The van der Waals surface area contributed by atoms with Gasteiger partial charge < -0.3 is 0 Å². The topological polar surface area (TPSA) is 62.3 Å². The minimum Gasteiger partial charge on any atom is -0.254 e. The zero-order valence-corrected chi connectivity index (χ0v) is 13.5. The van der Waals surface area contributed by atoms with Crippen LogP contribution in [0.2, 0.25) is 0 Å². The SMILES string of the molecule is Cc1cc(Br)cnc1NS(=O)(=O)N1CCC(C)CC1. The van der Waals surface area contributed by atoms with Gasteiger partial charge in [-0.15, -0.1) is 0 Å². The Bertz CT molecular complexity index is 554. The van der Waals surface area contributed by atoms with Crippen LogP contribution in [0.3, 0.4) is 0 Å². The molecule has 1 fully saturated rings. The van der Waals surface area contributed by atoms with Gasteiger partial charge in [0.05, 0.1) is 0 Å². The number of rotatable bonds is 3. The second-order valence-electron chi connectivity index (χ2n) is 5.01. The Kier molecular flexibility index (Phi) is 4.47. The number of halogens is 1. The van der Waals surface area contributed by atoms with Crippen molar-refractivity contribution in [2.75, 3.05) is 17.8 Å². The van der Waals surface area contributed by atoms with Crippen LogP contribution in [-0.2, 0) is 10.2 Å². The number of aromatic nitrogens is 1. The van der Waals surface area contributed by atoms with Crippen molar-refractivity contribution in [3.63, 3.8) is 0 Å². The van der Waals surface area contributed by atoms with E-state index in [4.69, 9.17) is 0 Å². The zero-order chi connectivity index (χ0) is 14.0. The summed E-state index contributed by atoms with van der Waals surface area (Å²) < 4.78 is 29.4. The summed E-state index contributed by atoms with van der Waals surface area (Å²) in [5.74, 6) is 0.987. The molecule has 106 valence electrons. The van der Waals surface area contributed by atoms with Gasteiger partial charge in [0.2, 0.25) is 0 Å². The number of hydrogen-bond donors (Lipinski definition) is 1. The van der Waals surface area contributed by atoms with Gasteiger partial charge in [0.15, 0.2) is 0 Å². The molecule has 19 heavy (non-hydrogen) atoms. The first-order valence-corrected chi connectivity index (χ1v) is 8.52. The minimum atomic E-state index is -3.49. The summed E-state index contributed by atoms with van der Waals surface area (Å²) in [7, 11) is -3.49. The quantitative estimate of drug-likeness (QED) is 0.913. The zero-order valence-electron chi connectivity index (χ0n) is 11.1. The maximum atomic E-state index is 12.3. The summed E-state index contributed by atoms with van der Waals surface area (Å²) in [6.45, 7) is 5.13. The molecule has 7 heteroatoms. The predicted octanol–water partition coefficient (Wildman–Crippen LogP) is 2.54. The van der Waals surface area contributed by atoms with Crippen molar-refractivity contribution in [3.8, 4) is 0 Å². The Morgan fingerprint density at radius 1 is 1.42 bits per heavy atom. The molecule has 2 heterocycles. The van der Waals surface area contributed by atoms with E-state index in [1.165, 1.54) is 4.31 Å². The van der Waals surface area contributed by atoms with E-state index in [0.717, 1.165) is 22.9 Å². The Morgan fingerprint density at radius 2 is 2.05 bits per heavy atom. The molecule has 1 aliphatic heterocycles. The van der Waals surface area contributed by atoms with Crippen LogP contribution in [-0.4, -0.2) is 30.8 Å². The van der Waals surface area contributed by atoms with Gasteiger partial charge in [0, 0.05) is 23.8 Å². The maximum Gasteiger partial charge on any atom is 0.302 e. The van der Waals surface area contributed by atoms with E-state index >= 15 is 0 Å². The molecule has 0 radical (unpaired) electrons. The molecule has 1 N–H and O–H groups in total. The van der Waals surface area contributed by atoms with Crippen LogP contribution < -0.4 is 4.72 Å². The van der Waals surface area contributed by atoms with E-state index in [9.17, 15) is 8.42 Å². The molecule has 0 atom stereocenters. The van der Waals surface area contributed by atoms with E-state index in [0.29, 0.717) is 24.8 Å². The summed E-state index contributed by atoms with van der Waals surface area (Å²) in [4.78, 5) is 4.11. The first kappa shape index (κ1) is 14.7. The van der Waals surface area contributed by atoms with Crippen molar-refractivity contribution >= 4 is 32.0 Å². The molecule has 1 aliphatic rings. The monoisotopic (exact) mass is 347 g/mol. The summed E-state index contributed by atoms with van der Waals surface area (Å²) in [5.41, 5.74) is 0.795. The number of hydrogen-bond acceptors (Lipinski definition) is 3. The normalized spacial score (nSPS) is 18.5. The van der Waals surface area contributed by atoms with Crippen LogP contribution in [0.1, 0.15) is 25.3 Å². The fourth-order valence-electron chi connectivity index (χ4n) is 2.06. The molecular weight excluding hydrogens is 330 g/mol. The molecular formula is C12H18BrN3O2S. The van der Waals surface area contributed by atoms with E-state index < -0.39 is 10.2 Å². The van der Waals surface area contributed by atoms with Crippen LogP contribution in [0, 0.1) is 12.8 Å². The molecule has 2 rings (SSSR count). The predicted molar refractivity (Wildman–Crippen MR) is 79.2 cm³/mol. The molecule has 0 bridgehead atoms. The third kappa shape index (κ3) is 3.67. The van der Waals surface area contributed by atoms with Gasteiger partial charge in [-0.25, -0.2) is 4.98 Å². The van der Waals surface area contributed by atoms with Gasteiger partial charge in [-0.05, 0) is 53.2 Å². The van der Waals surface area contributed by atoms with Crippen molar-refractivity contribution < 1.29 is 8.42 Å². The third-order valence-corrected chi connectivity index (χ3v) is 5.28. The van der Waals surface area contributed by atoms with E-state index in [-0.39, 0.29) is 0 Å². The minimum absolute atomic E-state index is 0.391. The van der Waals surface area contributed by atoms with Gasteiger partial charge in [-0.1, -0.05) is 6.92 Å². The van der Waals surface area contributed by atoms with Gasteiger partial charge in [-0.2, -0.15) is 12.7 Å². The average molecular weight is 348 g/mol. The Labute approximate surface area is 122 Å². The standard InChI is InChI=1S/C12H18BrN3O2S/c1-9-3-5-16(6-4-9)19(17,18)15-12-10(2)7-11(13)8-14-12/h7-9H,3-6H2,1-2H3,(H,14,15). The van der Waals surface area contributed by atoms with Crippen molar-refractivity contribution in [1.82, 2.24) is 9.29 Å². The molecule has 0 saturated carbocycles. The number of pyridine rings is 1. The van der Waals surface area contributed by atoms with Gasteiger partial charge in [0.1, 0.15) is 5.82 Å². The molecule has 1 aromatic heterocycles. The number of piperidine rings is 1. The molecule has 0 spiro atoms. The van der Waals surface area contributed by atoms with Gasteiger partial charge in [-0.3, -0.25) is 4.72 Å². The second kappa shape index (κ2) is 5.76. The van der Waals surface area contributed by atoms with E-state index in [1.54, 1.807) is 6.20 Å². The third-order valence-electron chi connectivity index (χ3n) is 3.35. The van der Waals surface area contributed by atoms with E-state index in [1.807, 2.05) is 13.0 Å². The molecule has 0 aliphatic carbocycles. The van der Waals surface area contributed by atoms with Crippen molar-refractivity contribution in [1.29, 1.82) is 0 Å². The summed E-state index contributed by atoms with van der Waals surface area (Å²) in [5, 5.41) is 0. The highest BCUT2D eigenvalue weighted by molar-refractivity contribution is 9.10. The smallest absolute Gasteiger partial charge is 0.254 e. The fraction of sp³-hybridized carbons (Fsp3) is 0.583. The largest absolute Gasteiger partial charge is 0.302 e. The lowest BCUT2D eigenvalue weighted by Gasteiger charge is -2.29. The van der Waals surface area contributed by atoms with Crippen molar-refractivity contribution in [3.05, 3.63) is 22.3 Å². The number of anilines is 1. The van der Waals surface area contributed by atoms with E-state index in [2.05, 4.69) is 32.6 Å². The van der Waals surface area contributed by atoms with Gasteiger partial charge >= 0.3 is 10.2 Å². The highest BCUT2D eigenvalue weighted by Crippen LogP contribution is 2.22. The first-order valence-electron chi connectivity index (χ1n) is 6.28. The Balaban J connectivity index is 2.12. The lowest BCUT2D eigenvalue weighted by atomic mass is 10.0. The number of aryl methyl sites for hydroxylation is 1. The first-order chi connectivity index (χ1) is 8.88. The van der Waals surface area contributed by atoms with Crippen LogP contribution in [0.25, 0.3) is 0 Å². The van der Waals surface area contributed by atoms with Crippen LogP contribution in [0.15, 0.2) is 16.7 Å². The Morgan fingerprint density at radius 3 is 2.63 bits per heavy atom. The lowest BCUT2D eigenvalue weighted by molar-refractivity contribution is 0.289.